The molecular formula is C23H23FN2O3S. The molecule has 156 valence electrons. The average Bonchev–Trinajstić information content (AvgIpc) is 2.71. The van der Waals surface area contributed by atoms with Crippen LogP contribution in [-0.2, 0) is 16.4 Å². The minimum atomic E-state index is -3.76. The van der Waals surface area contributed by atoms with Crippen LogP contribution >= 0.6 is 0 Å². The molecular weight excluding hydrogens is 403 g/mol. The summed E-state index contributed by atoms with van der Waals surface area (Å²) < 4.78 is 40.8. The molecule has 3 aromatic carbocycles. The summed E-state index contributed by atoms with van der Waals surface area (Å²) in [6.07, 6.45) is 0.560. The summed E-state index contributed by atoms with van der Waals surface area (Å²) in [5.41, 5.74) is 3.14. The number of nitrogens with one attached hydrogen (secondary N) is 2. The molecule has 30 heavy (non-hydrogen) atoms. The van der Waals surface area contributed by atoms with Gasteiger partial charge < -0.3 is 5.32 Å². The Labute approximate surface area is 176 Å². The van der Waals surface area contributed by atoms with Gasteiger partial charge in [-0.2, -0.15) is 0 Å². The van der Waals surface area contributed by atoms with Gasteiger partial charge in [0.1, 0.15) is 5.82 Å². The van der Waals surface area contributed by atoms with Crippen molar-refractivity contribution in [2.45, 2.75) is 25.2 Å². The molecule has 1 amide bonds. The van der Waals surface area contributed by atoms with Crippen molar-refractivity contribution in [3.05, 3.63) is 94.8 Å². The molecule has 0 aliphatic heterocycles. The minimum absolute atomic E-state index is 0.154. The molecule has 0 fully saturated rings. The van der Waals surface area contributed by atoms with Gasteiger partial charge in [0.05, 0.1) is 10.6 Å². The molecule has 0 heterocycles. The van der Waals surface area contributed by atoms with Crippen LogP contribution in [0.3, 0.4) is 0 Å². The third-order valence-corrected chi connectivity index (χ3v) is 6.15. The van der Waals surface area contributed by atoms with E-state index in [9.17, 15) is 17.6 Å². The molecule has 2 N–H and O–H groups in total. The standard InChI is InChI=1S/C23H23FN2O3S/c1-16-6-12-20(13-7-16)30(28,29)26-22-5-3-4-21(17(22)2)23(27)25-15-14-18-8-10-19(24)11-9-18/h3-13,26H,14-15H2,1-2H3,(H,25,27). The van der Waals surface area contributed by atoms with Crippen LogP contribution in [0.5, 0.6) is 0 Å². The Balaban J connectivity index is 1.70. The van der Waals surface area contributed by atoms with Crippen molar-refractivity contribution in [2.75, 3.05) is 11.3 Å². The van der Waals surface area contributed by atoms with E-state index < -0.39 is 10.0 Å². The lowest BCUT2D eigenvalue weighted by Crippen LogP contribution is -2.26. The number of rotatable bonds is 7. The maximum Gasteiger partial charge on any atom is 0.261 e. The van der Waals surface area contributed by atoms with E-state index in [1.807, 2.05) is 6.92 Å². The fourth-order valence-corrected chi connectivity index (χ4v) is 4.10. The van der Waals surface area contributed by atoms with Crippen LogP contribution in [0.15, 0.2) is 71.6 Å². The molecule has 3 aromatic rings. The quantitative estimate of drug-likeness (QED) is 0.594. The van der Waals surface area contributed by atoms with Gasteiger partial charge in [-0.25, -0.2) is 12.8 Å². The topological polar surface area (TPSA) is 75.3 Å². The maximum absolute atomic E-state index is 13.0. The lowest BCUT2D eigenvalue weighted by molar-refractivity contribution is 0.0953. The van der Waals surface area contributed by atoms with Crippen LogP contribution in [0.25, 0.3) is 0 Å². The maximum atomic E-state index is 13.0. The highest BCUT2D eigenvalue weighted by Crippen LogP contribution is 2.23. The van der Waals surface area contributed by atoms with Gasteiger partial charge in [-0.05, 0) is 67.8 Å². The lowest BCUT2D eigenvalue weighted by atomic mass is 10.1. The Morgan fingerprint density at radius 3 is 2.27 bits per heavy atom. The van der Waals surface area contributed by atoms with E-state index in [1.165, 1.54) is 12.1 Å². The molecule has 0 bridgehead atoms. The molecule has 3 rings (SSSR count). The number of carbonyl (C=O) groups excluding carboxylic acids is 1. The van der Waals surface area contributed by atoms with E-state index in [-0.39, 0.29) is 16.6 Å². The van der Waals surface area contributed by atoms with Gasteiger partial charge in [-0.3, -0.25) is 9.52 Å². The number of hydrogen-bond acceptors (Lipinski definition) is 3. The number of halogens is 1. The molecule has 0 aliphatic carbocycles. The Morgan fingerprint density at radius 1 is 0.933 bits per heavy atom. The van der Waals surface area contributed by atoms with Crippen LogP contribution in [0.4, 0.5) is 10.1 Å². The second-order valence-corrected chi connectivity index (χ2v) is 8.71. The molecule has 0 spiro atoms. The number of carbonyl (C=O) groups is 1. The molecule has 0 aliphatic rings. The highest BCUT2D eigenvalue weighted by molar-refractivity contribution is 7.92. The van der Waals surface area contributed by atoms with Gasteiger partial charge in [0.2, 0.25) is 0 Å². The van der Waals surface area contributed by atoms with Crippen molar-refractivity contribution in [3.63, 3.8) is 0 Å². The molecule has 7 heteroatoms. The predicted molar refractivity (Wildman–Crippen MR) is 116 cm³/mol. The summed E-state index contributed by atoms with van der Waals surface area (Å²) >= 11 is 0. The van der Waals surface area contributed by atoms with Crippen LogP contribution in [-0.4, -0.2) is 20.9 Å². The first-order valence-corrected chi connectivity index (χ1v) is 11.0. The van der Waals surface area contributed by atoms with Gasteiger partial charge >= 0.3 is 0 Å². The predicted octanol–water partition coefficient (Wildman–Crippen LogP) is 4.22. The molecule has 0 radical (unpaired) electrons. The number of amides is 1. The first-order chi connectivity index (χ1) is 14.3. The van der Waals surface area contributed by atoms with Crippen molar-refractivity contribution < 1.29 is 17.6 Å². The highest BCUT2D eigenvalue weighted by atomic mass is 32.2. The van der Waals surface area contributed by atoms with Crippen molar-refractivity contribution in [2.24, 2.45) is 0 Å². The zero-order valence-electron chi connectivity index (χ0n) is 16.8. The van der Waals surface area contributed by atoms with E-state index in [4.69, 9.17) is 0 Å². The Bertz CT molecular complexity index is 1140. The zero-order chi connectivity index (χ0) is 21.7. The monoisotopic (exact) mass is 426 g/mol. The first-order valence-electron chi connectivity index (χ1n) is 9.48. The Kier molecular flexibility index (Phi) is 6.52. The second-order valence-electron chi connectivity index (χ2n) is 7.03. The second kappa shape index (κ2) is 9.09. The van der Waals surface area contributed by atoms with E-state index in [2.05, 4.69) is 10.0 Å². The molecule has 0 saturated heterocycles. The van der Waals surface area contributed by atoms with Gasteiger partial charge in [-0.1, -0.05) is 35.9 Å². The molecule has 0 unspecified atom stereocenters. The Hall–Kier alpha value is -3.19. The van der Waals surface area contributed by atoms with Crippen molar-refractivity contribution in [1.82, 2.24) is 5.32 Å². The van der Waals surface area contributed by atoms with Crippen molar-refractivity contribution in [3.8, 4) is 0 Å². The minimum Gasteiger partial charge on any atom is -0.352 e. The molecule has 5 nitrogen and oxygen atoms in total. The number of aryl methyl sites for hydroxylation is 1. The first kappa shape index (κ1) is 21.5. The molecule has 0 atom stereocenters. The summed E-state index contributed by atoms with van der Waals surface area (Å²) in [6, 6.07) is 17.5. The van der Waals surface area contributed by atoms with E-state index in [0.29, 0.717) is 29.8 Å². The lowest BCUT2D eigenvalue weighted by Gasteiger charge is -2.14. The molecule has 0 saturated carbocycles. The van der Waals surface area contributed by atoms with E-state index in [1.54, 1.807) is 61.5 Å². The van der Waals surface area contributed by atoms with Crippen molar-refractivity contribution >= 4 is 21.6 Å². The third kappa shape index (κ3) is 5.24. The fourth-order valence-electron chi connectivity index (χ4n) is 2.98. The van der Waals surface area contributed by atoms with Crippen LogP contribution in [0.2, 0.25) is 0 Å². The number of anilines is 1. The highest BCUT2D eigenvalue weighted by Gasteiger charge is 2.18. The summed E-state index contributed by atoms with van der Waals surface area (Å²) in [7, 11) is -3.76. The van der Waals surface area contributed by atoms with Gasteiger partial charge in [-0.15, -0.1) is 0 Å². The third-order valence-electron chi connectivity index (χ3n) is 4.77. The van der Waals surface area contributed by atoms with Gasteiger partial charge in [0.25, 0.3) is 15.9 Å². The number of benzene rings is 3. The normalized spacial score (nSPS) is 11.2. The summed E-state index contributed by atoms with van der Waals surface area (Å²) in [5.74, 6) is -0.602. The smallest absolute Gasteiger partial charge is 0.261 e. The fraction of sp³-hybridized carbons (Fsp3) is 0.174. The van der Waals surface area contributed by atoms with Gasteiger partial charge in [0, 0.05) is 12.1 Å². The largest absolute Gasteiger partial charge is 0.352 e. The van der Waals surface area contributed by atoms with Crippen LogP contribution in [0, 0.1) is 19.7 Å². The van der Waals surface area contributed by atoms with Crippen LogP contribution in [0.1, 0.15) is 27.0 Å². The number of hydrogen-bond donors (Lipinski definition) is 2. The Morgan fingerprint density at radius 2 is 1.60 bits per heavy atom. The summed E-state index contributed by atoms with van der Waals surface area (Å²) in [5, 5.41) is 2.82. The number of sulfonamides is 1. The van der Waals surface area contributed by atoms with Crippen LogP contribution < -0.4 is 10.0 Å². The summed E-state index contributed by atoms with van der Waals surface area (Å²) in [6.45, 7) is 3.96. The zero-order valence-corrected chi connectivity index (χ0v) is 17.6. The SMILES string of the molecule is Cc1ccc(S(=O)(=O)Nc2cccc(C(=O)NCCc3ccc(F)cc3)c2C)cc1. The summed E-state index contributed by atoms with van der Waals surface area (Å²) in [4.78, 5) is 12.7. The average molecular weight is 427 g/mol. The van der Waals surface area contributed by atoms with E-state index in [0.717, 1.165) is 11.1 Å². The van der Waals surface area contributed by atoms with E-state index >= 15 is 0 Å². The van der Waals surface area contributed by atoms with Crippen molar-refractivity contribution in [1.29, 1.82) is 0 Å². The molecule has 0 aromatic heterocycles. The van der Waals surface area contributed by atoms with Gasteiger partial charge in [0.15, 0.2) is 0 Å².